The number of thiophene rings is 2. The average molecular weight is 558 g/mol. The number of hydrogen-bond donors (Lipinski definition) is 0. The topological polar surface area (TPSA) is 30.7 Å². The van der Waals surface area contributed by atoms with Crippen molar-refractivity contribution in [2.24, 2.45) is 0 Å². The molecule has 0 fully saturated rings. The van der Waals surface area contributed by atoms with Crippen molar-refractivity contribution in [3.63, 3.8) is 0 Å². The van der Waals surface area contributed by atoms with Gasteiger partial charge < -0.3 is 0 Å². The number of halogens is 2. The quantitative estimate of drug-likeness (QED) is 0.121. The number of nitrogens with zero attached hydrogens (tertiary/aromatic N) is 3. The van der Waals surface area contributed by atoms with Crippen LogP contribution in [0.3, 0.4) is 0 Å². The van der Waals surface area contributed by atoms with Gasteiger partial charge in [0.1, 0.15) is 11.0 Å². The molecule has 0 amide bonds. The van der Waals surface area contributed by atoms with Crippen LogP contribution in [0.1, 0.15) is 110 Å². The maximum atomic E-state index is 15.6. The van der Waals surface area contributed by atoms with E-state index in [1.54, 1.807) is 4.80 Å². The summed E-state index contributed by atoms with van der Waals surface area (Å²) in [6.07, 6.45) is 16.8. The predicted molar refractivity (Wildman–Crippen MR) is 159 cm³/mol. The van der Waals surface area contributed by atoms with Crippen molar-refractivity contribution >= 4 is 33.7 Å². The molecule has 7 heteroatoms. The lowest BCUT2D eigenvalue weighted by atomic mass is 10.0. The molecule has 0 bridgehead atoms. The Morgan fingerprint density at radius 3 is 1.47 bits per heavy atom. The maximum absolute atomic E-state index is 15.6. The fourth-order valence-corrected chi connectivity index (χ4v) is 6.77. The molecular formula is C31H41F2N3S2. The SMILES string of the molecule is CCCCCCCCC(CCCCCCCC)n1nc2c(-c3cccs3)c(F)c(F)c(-c3cccs3)c2n1. The van der Waals surface area contributed by atoms with E-state index >= 15 is 8.78 Å². The number of unbranched alkanes of at least 4 members (excludes halogenated alkanes) is 10. The van der Waals surface area contributed by atoms with Crippen LogP contribution in [0.25, 0.3) is 31.9 Å². The normalized spacial score (nSPS) is 11.8. The smallest absolute Gasteiger partial charge is 0.170 e. The third-order valence-electron chi connectivity index (χ3n) is 7.38. The number of benzene rings is 1. The van der Waals surface area contributed by atoms with E-state index in [4.69, 9.17) is 10.2 Å². The molecule has 0 atom stereocenters. The highest BCUT2D eigenvalue weighted by Gasteiger charge is 2.28. The zero-order chi connectivity index (χ0) is 26.7. The van der Waals surface area contributed by atoms with Crippen molar-refractivity contribution in [2.45, 2.75) is 110 Å². The maximum Gasteiger partial charge on any atom is 0.170 e. The molecule has 0 saturated carbocycles. The summed E-state index contributed by atoms with van der Waals surface area (Å²) in [5, 5.41) is 13.6. The molecule has 0 saturated heterocycles. The first-order valence-corrected chi connectivity index (χ1v) is 16.3. The lowest BCUT2D eigenvalue weighted by Crippen LogP contribution is -2.13. The van der Waals surface area contributed by atoms with Gasteiger partial charge >= 0.3 is 0 Å². The molecule has 0 N–H and O–H groups in total. The van der Waals surface area contributed by atoms with Crippen LogP contribution < -0.4 is 0 Å². The molecule has 0 aliphatic rings. The van der Waals surface area contributed by atoms with Gasteiger partial charge in [0, 0.05) is 9.75 Å². The second-order valence-corrected chi connectivity index (χ2v) is 12.2. The first-order valence-electron chi connectivity index (χ1n) is 14.5. The van der Waals surface area contributed by atoms with Gasteiger partial charge in [0.25, 0.3) is 0 Å². The van der Waals surface area contributed by atoms with Gasteiger partial charge in [-0.05, 0) is 35.7 Å². The Morgan fingerprint density at radius 1 is 0.658 bits per heavy atom. The second-order valence-electron chi connectivity index (χ2n) is 10.3. The van der Waals surface area contributed by atoms with Crippen molar-refractivity contribution in [3.05, 3.63) is 46.7 Å². The number of fused-ring (bicyclic) bond motifs is 1. The van der Waals surface area contributed by atoms with Gasteiger partial charge in [0.05, 0.1) is 17.2 Å². The minimum atomic E-state index is -0.834. The van der Waals surface area contributed by atoms with E-state index in [0.717, 1.165) is 25.7 Å². The monoisotopic (exact) mass is 557 g/mol. The van der Waals surface area contributed by atoms with Gasteiger partial charge in [-0.15, -0.1) is 22.7 Å². The van der Waals surface area contributed by atoms with Crippen molar-refractivity contribution in [1.82, 2.24) is 15.0 Å². The van der Waals surface area contributed by atoms with Crippen LogP contribution in [0.4, 0.5) is 8.78 Å². The largest absolute Gasteiger partial charge is 0.203 e. The molecule has 0 unspecified atom stereocenters. The van der Waals surface area contributed by atoms with Crippen LogP contribution in [-0.4, -0.2) is 15.0 Å². The Labute approximate surface area is 234 Å². The highest BCUT2D eigenvalue weighted by atomic mass is 32.1. The fourth-order valence-electron chi connectivity index (χ4n) is 5.24. The Bertz CT molecular complexity index is 1140. The molecule has 206 valence electrons. The summed E-state index contributed by atoms with van der Waals surface area (Å²) in [6, 6.07) is 7.52. The predicted octanol–water partition coefficient (Wildman–Crippen LogP) is 11.2. The summed E-state index contributed by atoms with van der Waals surface area (Å²) in [6.45, 7) is 4.48. The summed E-state index contributed by atoms with van der Waals surface area (Å²) >= 11 is 2.80. The first kappa shape index (κ1) is 28.9. The molecule has 4 aromatic rings. The third-order valence-corrected chi connectivity index (χ3v) is 9.15. The number of aromatic nitrogens is 3. The molecule has 3 nitrogen and oxygen atoms in total. The van der Waals surface area contributed by atoms with Gasteiger partial charge in [-0.1, -0.05) is 103 Å². The van der Waals surface area contributed by atoms with Crippen LogP contribution >= 0.6 is 22.7 Å². The van der Waals surface area contributed by atoms with E-state index in [-0.39, 0.29) is 17.2 Å². The van der Waals surface area contributed by atoms with E-state index in [9.17, 15) is 0 Å². The van der Waals surface area contributed by atoms with Gasteiger partial charge in [-0.3, -0.25) is 0 Å². The second kappa shape index (κ2) is 14.9. The Kier molecular flexibility index (Phi) is 11.3. The van der Waals surface area contributed by atoms with Gasteiger partial charge in [-0.2, -0.15) is 15.0 Å². The minimum Gasteiger partial charge on any atom is -0.203 e. The molecule has 0 radical (unpaired) electrons. The summed E-state index contributed by atoms with van der Waals surface area (Å²) in [4.78, 5) is 3.16. The first-order chi connectivity index (χ1) is 18.7. The summed E-state index contributed by atoms with van der Waals surface area (Å²) in [5.41, 5.74) is 1.39. The molecule has 3 aromatic heterocycles. The summed E-state index contributed by atoms with van der Waals surface area (Å²) in [5.74, 6) is -1.67. The van der Waals surface area contributed by atoms with E-state index in [1.807, 2.05) is 35.0 Å². The highest BCUT2D eigenvalue weighted by Crippen LogP contribution is 2.42. The number of hydrogen-bond acceptors (Lipinski definition) is 4. The van der Waals surface area contributed by atoms with Crippen LogP contribution in [0.5, 0.6) is 0 Å². The van der Waals surface area contributed by atoms with E-state index in [1.165, 1.54) is 86.9 Å². The molecule has 4 rings (SSSR count). The lowest BCUT2D eigenvalue weighted by Gasteiger charge is -2.16. The van der Waals surface area contributed by atoms with Crippen molar-refractivity contribution in [1.29, 1.82) is 0 Å². The fraction of sp³-hybridized carbons (Fsp3) is 0.548. The van der Waals surface area contributed by atoms with Crippen LogP contribution in [0.15, 0.2) is 35.0 Å². The standard InChI is InChI=1S/C31H41F2N3S2/c1-3-5-7-9-11-13-17-23(18-14-12-10-8-6-4-2)36-34-30-26(24-19-15-21-37-24)28(32)29(33)27(31(30)35-36)25-20-16-22-38-25/h15-16,19-23H,3-14,17-18H2,1-2H3. The van der Waals surface area contributed by atoms with E-state index in [0.29, 0.717) is 20.8 Å². The van der Waals surface area contributed by atoms with Gasteiger partial charge in [0.2, 0.25) is 0 Å². The molecule has 0 spiro atoms. The molecular weight excluding hydrogens is 516 g/mol. The van der Waals surface area contributed by atoms with Crippen molar-refractivity contribution in [2.75, 3.05) is 0 Å². The Morgan fingerprint density at radius 2 is 1.08 bits per heavy atom. The average Bonchev–Trinajstić information content (AvgIpc) is 3.70. The van der Waals surface area contributed by atoms with Crippen LogP contribution in [0, 0.1) is 11.6 Å². The van der Waals surface area contributed by atoms with Gasteiger partial charge in [-0.25, -0.2) is 8.78 Å². The lowest BCUT2D eigenvalue weighted by molar-refractivity contribution is 0.337. The van der Waals surface area contributed by atoms with Crippen molar-refractivity contribution in [3.8, 4) is 20.9 Å². The number of rotatable bonds is 17. The molecule has 0 aliphatic carbocycles. The summed E-state index contributed by atoms with van der Waals surface area (Å²) < 4.78 is 31.2. The Balaban J connectivity index is 1.66. The minimum absolute atomic E-state index is 0.137. The zero-order valence-corrected chi connectivity index (χ0v) is 24.5. The van der Waals surface area contributed by atoms with Gasteiger partial charge in [0.15, 0.2) is 11.6 Å². The summed E-state index contributed by atoms with van der Waals surface area (Å²) in [7, 11) is 0. The van der Waals surface area contributed by atoms with Crippen molar-refractivity contribution < 1.29 is 8.78 Å². The molecule has 1 aromatic carbocycles. The zero-order valence-electron chi connectivity index (χ0n) is 22.9. The highest BCUT2D eigenvalue weighted by molar-refractivity contribution is 7.14. The van der Waals surface area contributed by atoms with E-state index < -0.39 is 11.6 Å². The van der Waals surface area contributed by atoms with E-state index in [2.05, 4.69) is 13.8 Å². The molecule has 0 aliphatic heterocycles. The third kappa shape index (κ3) is 7.09. The Hall–Kier alpha value is -2.12. The molecule has 38 heavy (non-hydrogen) atoms. The van der Waals surface area contributed by atoms with Crippen LogP contribution in [-0.2, 0) is 0 Å². The van der Waals surface area contributed by atoms with Crippen LogP contribution in [0.2, 0.25) is 0 Å². The molecule has 3 heterocycles.